The van der Waals surface area contributed by atoms with Gasteiger partial charge < -0.3 is 14.8 Å². The summed E-state index contributed by atoms with van der Waals surface area (Å²) in [5, 5.41) is 12.8. The van der Waals surface area contributed by atoms with Crippen molar-refractivity contribution in [3.8, 4) is 6.07 Å². The van der Waals surface area contributed by atoms with E-state index in [2.05, 4.69) is 29.7 Å². The van der Waals surface area contributed by atoms with Crippen molar-refractivity contribution in [3.63, 3.8) is 0 Å². The van der Waals surface area contributed by atoms with Gasteiger partial charge in [0.25, 0.3) is 0 Å². The molecular formula is C20H21N3O4S. The van der Waals surface area contributed by atoms with Crippen molar-refractivity contribution in [1.82, 2.24) is 0 Å². The van der Waals surface area contributed by atoms with Gasteiger partial charge in [0.15, 0.2) is 0 Å². The average molecular weight is 399 g/mol. The van der Waals surface area contributed by atoms with Gasteiger partial charge in [-0.2, -0.15) is 5.26 Å². The molecule has 0 spiro atoms. The predicted octanol–water partition coefficient (Wildman–Crippen LogP) is 3.92. The van der Waals surface area contributed by atoms with Gasteiger partial charge >= 0.3 is 6.16 Å². The van der Waals surface area contributed by atoms with E-state index in [4.69, 9.17) is 9.47 Å². The lowest BCUT2D eigenvalue weighted by atomic mass is 9.94. The number of nitriles is 1. The van der Waals surface area contributed by atoms with Crippen LogP contribution in [0.5, 0.6) is 0 Å². The molecule has 0 aromatic carbocycles. The minimum absolute atomic E-state index is 0.254. The van der Waals surface area contributed by atoms with Gasteiger partial charge in [0.05, 0.1) is 12.2 Å². The van der Waals surface area contributed by atoms with Crippen LogP contribution in [0.2, 0.25) is 0 Å². The van der Waals surface area contributed by atoms with Crippen molar-refractivity contribution in [3.05, 3.63) is 52.6 Å². The van der Waals surface area contributed by atoms with Gasteiger partial charge in [0.2, 0.25) is 5.91 Å². The molecule has 1 unspecified atom stereocenters. The van der Waals surface area contributed by atoms with Gasteiger partial charge in [0, 0.05) is 23.6 Å². The van der Waals surface area contributed by atoms with Crippen LogP contribution >= 0.6 is 11.3 Å². The molecule has 0 fully saturated rings. The quantitative estimate of drug-likeness (QED) is 0.324. The van der Waals surface area contributed by atoms with Gasteiger partial charge in [-0.15, -0.1) is 11.3 Å². The van der Waals surface area contributed by atoms with Crippen molar-refractivity contribution < 1.29 is 19.1 Å². The summed E-state index contributed by atoms with van der Waals surface area (Å²) < 4.78 is 10.1. The number of anilines is 1. The number of carbonyl (C=O) groups excluding carboxylic acids is 2. The first kappa shape index (κ1) is 21.1. The third-order valence-corrected chi connectivity index (χ3v) is 5.17. The van der Waals surface area contributed by atoms with E-state index >= 15 is 0 Å². The number of amides is 1. The lowest BCUT2D eigenvalue weighted by Crippen LogP contribution is -2.25. The number of allylic oxidation sites excluding steroid dienone is 3. The number of aliphatic imine (C=N–C) groups is 1. The molecule has 0 aliphatic heterocycles. The second-order valence-corrected chi connectivity index (χ2v) is 6.93. The van der Waals surface area contributed by atoms with Crippen molar-refractivity contribution in [1.29, 1.82) is 5.26 Å². The summed E-state index contributed by atoms with van der Waals surface area (Å²) in [4.78, 5) is 28.3. The molecule has 0 radical (unpaired) electrons. The Morgan fingerprint density at radius 2 is 2.25 bits per heavy atom. The summed E-state index contributed by atoms with van der Waals surface area (Å²) in [6.45, 7) is 8.95. The van der Waals surface area contributed by atoms with Crippen LogP contribution < -0.4 is 5.32 Å². The molecule has 28 heavy (non-hydrogen) atoms. The first-order valence-corrected chi connectivity index (χ1v) is 9.49. The second kappa shape index (κ2) is 10.2. The summed E-state index contributed by atoms with van der Waals surface area (Å²) in [5.74, 6) is -0.369. The molecule has 1 atom stereocenters. The molecule has 1 aromatic heterocycles. The number of fused-ring (bicyclic) bond motifs is 1. The van der Waals surface area contributed by atoms with E-state index in [1.54, 1.807) is 19.1 Å². The minimum atomic E-state index is -0.688. The smallest absolute Gasteiger partial charge is 0.435 e. The lowest BCUT2D eigenvalue weighted by Gasteiger charge is -2.21. The molecule has 1 N–H and O–H groups in total. The summed E-state index contributed by atoms with van der Waals surface area (Å²) in [7, 11) is 0. The van der Waals surface area contributed by atoms with Crippen molar-refractivity contribution in [2.24, 2.45) is 4.99 Å². The van der Waals surface area contributed by atoms with E-state index in [0.29, 0.717) is 35.4 Å². The molecular weight excluding hydrogens is 378 g/mol. The Morgan fingerprint density at radius 3 is 2.89 bits per heavy atom. The highest BCUT2D eigenvalue weighted by molar-refractivity contribution is 7.16. The normalized spacial score (nSPS) is 16.0. The summed E-state index contributed by atoms with van der Waals surface area (Å²) in [6, 6.07) is 2.17. The summed E-state index contributed by atoms with van der Waals surface area (Å²) in [5.41, 5.74) is 2.00. The molecule has 1 heterocycles. The Labute approximate surface area is 167 Å². The Balaban J connectivity index is 2.12. The molecule has 1 aliphatic rings. The number of thiophene rings is 1. The highest BCUT2D eigenvalue weighted by Crippen LogP contribution is 2.38. The van der Waals surface area contributed by atoms with E-state index in [0.717, 1.165) is 10.4 Å². The van der Waals surface area contributed by atoms with Crippen LogP contribution in [0.3, 0.4) is 0 Å². The monoisotopic (exact) mass is 399 g/mol. The largest absolute Gasteiger partial charge is 0.508 e. The van der Waals surface area contributed by atoms with E-state index in [1.165, 1.54) is 23.6 Å². The maximum atomic E-state index is 12.2. The van der Waals surface area contributed by atoms with E-state index < -0.39 is 6.16 Å². The zero-order chi connectivity index (χ0) is 20.5. The van der Waals surface area contributed by atoms with Crippen LogP contribution in [-0.4, -0.2) is 31.5 Å². The van der Waals surface area contributed by atoms with Crippen molar-refractivity contribution in [2.75, 3.05) is 11.9 Å². The van der Waals surface area contributed by atoms with E-state index in [9.17, 15) is 14.9 Å². The Kier molecular flexibility index (Phi) is 7.72. The molecule has 1 aliphatic carbocycles. The number of ether oxygens (including phenoxy) is 2. The first-order chi connectivity index (χ1) is 13.5. The number of hydrogen-bond donors (Lipinski definition) is 1. The third kappa shape index (κ3) is 5.41. The molecule has 0 bridgehead atoms. The van der Waals surface area contributed by atoms with Gasteiger partial charge in [0.1, 0.15) is 17.2 Å². The molecule has 7 nitrogen and oxygen atoms in total. The lowest BCUT2D eigenvalue weighted by molar-refractivity contribution is -0.111. The molecule has 1 amide bonds. The maximum Gasteiger partial charge on any atom is 0.508 e. The predicted molar refractivity (Wildman–Crippen MR) is 109 cm³/mol. The first-order valence-electron chi connectivity index (χ1n) is 8.67. The topological polar surface area (TPSA) is 101 Å². The molecule has 8 heteroatoms. The van der Waals surface area contributed by atoms with Gasteiger partial charge in [-0.25, -0.2) is 4.79 Å². The van der Waals surface area contributed by atoms with Crippen LogP contribution in [0, 0.1) is 11.3 Å². The van der Waals surface area contributed by atoms with Crippen LogP contribution in [0.1, 0.15) is 29.3 Å². The average Bonchev–Trinajstić information content (AvgIpc) is 3.01. The second-order valence-electron chi connectivity index (χ2n) is 5.82. The molecule has 146 valence electrons. The number of nitrogens with zero attached hydrogens (tertiary/aromatic N) is 2. The SMILES string of the molecule is C=CC(/C=C/C(=O)Nc1sc2c(c1C#N)CCC(OC(=O)OCC)C2)=C\N=C. The highest BCUT2D eigenvalue weighted by Gasteiger charge is 2.28. The van der Waals surface area contributed by atoms with Crippen molar-refractivity contribution >= 4 is 35.1 Å². The van der Waals surface area contributed by atoms with Crippen LogP contribution in [-0.2, 0) is 27.1 Å². The van der Waals surface area contributed by atoms with Crippen LogP contribution in [0.4, 0.5) is 9.80 Å². The summed E-state index contributed by atoms with van der Waals surface area (Å²) >= 11 is 1.33. The fraction of sp³-hybridized carbons (Fsp3) is 0.300. The number of rotatable bonds is 7. The standard InChI is InChI=1S/C20H21N3O4S/c1-4-13(12-22-3)6-9-18(24)23-19-16(11-21)15-8-7-14(10-17(15)28-19)27-20(25)26-5-2/h4,6,9,12,14H,1,3,5,7-8,10H2,2H3,(H,23,24)/b9-6+,13-12+. The zero-order valence-electron chi connectivity index (χ0n) is 15.6. The maximum absolute atomic E-state index is 12.2. The zero-order valence-corrected chi connectivity index (χ0v) is 16.4. The highest BCUT2D eigenvalue weighted by atomic mass is 32.1. The Hall–Kier alpha value is -3.18. The third-order valence-electron chi connectivity index (χ3n) is 4.00. The minimum Gasteiger partial charge on any atom is -0.435 e. The van der Waals surface area contributed by atoms with E-state index in [-0.39, 0.29) is 18.6 Å². The van der Waals surface area contributed by atoms with Gasteiger partial charge in [-0.1, -0.05) is 12.7 Å². The Bertz CT molecular complexity index is 877. The van der Waals surface area contributed by atoms with Crippen molar-refractivity contribution in [2.45, 2.75) is 32.3 Å². The van der Waals surface area contributed by atoms with Gasteiger partial charge in [-0.3, -0.25) is 9.79 Å². The van der Waals surface area contributed by atoms with Gasteiger partial charge in [-0.05, 0) is 43.7 Å². The summed E-state index contributed by atoms with van der Waals surface area (Å²) in [6.07, 6.45) is 6.63. The number of nitrogens with one attached hydrogen (secondary N) is 1. The molecule has 0 saturated heterocycles. The fourth-order valence-electron chi connectivity index (χ4n) is 2.75. The molecule has 1 aromatic rings. The fourth-order valence-corrected chi connectivity index (χ4v) is 4.01. The number of hydrogen-bond acceptors (Lipinski definition) is 7. The molecule has 0 saturated carbocycles. The van der Waals surface area contributed by atoms with E-state index in [1.807, 2.05) is 0 Å². The number of carbonyl (C=O) groups is 2. The van der Waals surface area contributed by atoms with Crippen LogP contribution in [0.25, 0.3) is 0 Å². The molecule has 2 rings (SSSR count). The Morgan fingerprint density at radius 1 is 1.46 bits per heavy atom. The van der Waals surface area contributed by atoms with Crippen LogP contribution in [0.15, 0.2) is 41.6 Å².